The first kappa shape index (κ1) is 26.9. The van der Waals surface area contributed by atoms with Gasteiger partial charge in [0.1, 0.15) is 5.76 Å². The monoisotopic (exact) mass is 542 g/mol. The minimum Gasteiger partial charge on any atom is -0.360 e. The molecule has 2 aliphatic rings. The van der Waals surface area contributed by atoms with Gasteiger partial charge in [-0.25, -0.2) is 4.31 Å². The largest absolute Gasteiger partial charge is 0.360 e. The van der Waals surface area contributed by atoms with Gasteiger partial charge in [-0.1, -0.05) is 65.8 Å². The van der Waals surface area contributed by atoms with E-state index < -0.39 is 10.8 Å². The van der Waals surface area contributed by atoms with Gasteiger partial charge in [-0.15, -0.1) is 10.8 Å². The van der Waals surface area contributed by atoms with E-state index in [9.17, 15) is 13.9 Å². The molecule has 1 saturated heterocycles. The number of aromatic nitrogens is 1. The van der Waals surface area contributed by atoms with Crippen molar-refractivity contribution in [1.82, 2.24) is 20.1 Å². The maximum Gasteiger partial charge on any atom is 0.273 e. The molecular weight excluding hydrogens is 500 g/mol. The number of benzene rings is 2. The summed E-state index contributed by atoms with van der Waals surface area (Å²) >= 11 is 0. The van der Waals surface area contributed by atoms with Crippen LogP contribution < -0.4 is 10.6 Å². The SMILES string of the molecule is C[C@H]1C[C@@H](NC(=O)c2cc(C3CC3)on2)CCN1S(O)(O)CCCNC(c1ccccc1)c1ccccc1.[HH].[HH]. The van der Waals surface area contributed by atoms with E-state index in [2.05, 4.69) is 40.1 Å². The molecule has 4 N–H and O–H groups in total. The number of nitrogens with zero attached hydrogens (tertiary/aromatic N) is 2. The van der Waals surface area contributed by atoms with Gasteiger partial charge < -0.3 is 15.2 Å². The topological polar surface area (TPSA) is 111 Å². The van der Waals surface area contributed by atoms with E-state index in [0.29, 0.717) is 49.7 Å². The Morgan fingerprint density at radius 1 is 1.11 bits per heavy atom. The Balaban J connectivity index is 0.00000220. The highest BCUT2D eigenvalue weighted by molar-refractivity contribution is 8.22. The summed E-state index contributed by atoms with van der Waals surface area (Å²) in [6.07, 6.45) is 4.13. The van der Waals surface area contributed by atoms with Gasteiger partial charge in [0.15, 0.2) is 5.69 Å². The summed E-state index contributed by atoms with van der Waals surface area (Å²) in [4.78, 5) is 12.6. The van der Waals surface area contributed by atoms with Crippen LogP contribution >= 0.6 is 10.8 Å². The van der Waals surface area contributed by atoms with Crippen LogP contribution in [0.3, 0.4) is 0 Å². The molecule has 0 spiro atoms. The Kier molecular flexibility index (Phi) is 8.50. The van der Waals surface area contributed by atoms with Crippen molar-refractivity contribution >= 4 is 16.7 Å². The fraction of sp³-hybridized carbons (Fsp3) is 0.448. The minimum atomic E-state index is -2.91. The zero-order valence-electron chi connectivity index (χ0n) is 21.8. The molecule has 0 radical (unpaired) electrons. The lowest BCUT2D eigenvalue weighted by molar-refractivity contribution is 0.0903. The minimum absolute atomic E-state index is 0. The van der Waals surface area contributed by atoms with Crippen molar-refractivity contribution in [2.24, 2.45) is 0 Å². The first-order valence-electron chi connectivity index (χ1n) is 13.5. The maximum atomic E-state index is 12.6. The van der Waals surface area contributed by atoms with Crippen molar-refractivity contribution in [3.63, 3.8) is 0 Å². The van der Waals surface area contributed by atoms with Gasteiger partial charge in [0.05, 0.1) is 11.8 Å². The molecule has 1 amide bonds. The van der Waals surface area contributed by atoms with Crippen molar-refractivity contribution in [3.8, 4) is 0 Å². The number of rotatable bonds is 11. The fourth-order valence-electron chi connectivity index (χ4n) is 5.28. The molecule has 208 valence electrons. The number of piperidine rings is 1. The van der Waals surface area contributed by atoms with Crippen LogP contribution in [0.25, 0.3) is 0 Å². The van der Waals surface area contributed by atoms with E-state index in [4.69, 9.17) is 4.52 Å². The number of amides is 1. The maximum absolute atomic E-state index is 12.6. The molecule has 3 aromatic rings. The van der Waals surface area contributed by atoms with Gasteiger partial charge in [-0.3, -0.25) is 13.9 Å². The summed E-state index contributed by atoms with van der Waals surface area (Å²) in [6, 6.07) is 22.3. The van der Waals surface area contributed by atoms with Gasteiger partial charge in [-0.2, -0.15) is 0 Å². The highest BCUT2D eigenvalue weighted by atomic mass is 32.3. The normalized spacial score (nSPS) is 20.9. The Labute approximate surface area is 229 Å². The summed E-state index contributed by atoms with van der Waals surface area (Å²) < 4.78 is 29.2. The molecule has 1 saturated carbocycles. The summed E-state index contributed by atoms with van der Waals surface area (Å²) in [6.45, 7) is 3.17. The molecule has 2 aromatic carbocycles. The smallest absolute Gasteiger partial charge is 0.273 e. The second-order valence-electron chi connectivity index (χ2n) is 10.5. The average molecular weight is 543 g/mol. The van der Waals surface area contributed by atoms with E-state index in [-0.39, 0.29) is 26.9 Å². The third-order valence-electron chi connectivity index (χ3n) is 7.48. The Morgan fingerprint density at radius 2 is 1.76 bits per heavy atom. The first-order valence-corrected chi connectivity index (χ1v) is 15.2. The van der Waals surface area contributed by atoms with Gasteiger partial charge >= 0.3 is 0 Å². The van der Waals surface area contributed by atoms with Crippen molar-refractivity contribution in [2.45, 2.75) is 63.1 Å². The highest BCUT2D eigenvalue weighted by Crippen LogP contribution is 2.47. The lowest BCUT2D eigenvalue weighted by Crippen LogP contribution is -2.50. The second-order valence-corrected chi connectivity index (χ2v) is 12.6. The number of hydrogen-bond acceptors (Lipinski definition) is 7. The van der Waals surface area contributed by atoms with E-state index in [1.165, 1.54) is 11.1 Å². The fourth-order valence-corrected chi connectivity index (χ4v) is 7.11. The van der Waals surface area contributed by atoms with Crippen molar-refractivity contribution in [2.75, 3.05) is 18.8 Å². The number of hydrogen-bond donors (Lipinski definition) is 4. The molecule has 5 rings (SSSR count). The third-order valence-corrected chi connectivity index (χ3v) is 9.61. The molecule has 1 aromatic heterocycles. The van der Waals surface area contributed by atoms with Gasteiger partial charge in [0, 0.05) is 33.5 Å². The van der Waals surface area contributed by atoms with E-state index in [1.807, 2.05) is 47.6 Å². The Bertz CT molecular complexity index is 1160. The zero-order valence-corrected chi connectivity index (χ0v) is 22.6. The zero-order chi connectivity index (χ0) is 26.5. The molecule has 2 atom stereocenters. The van der Waals surface area contributed by atoms with Crippen LogP contribution in [0.4, 0.5) is 0 Å². The van der Waals surface area contributed by atoms with Crippen LogP contribution in [-0.2, 0) is 0 Å². The van der Waals surface area contributed by atoms with Crippen molar-refractivity contribution in [1.29, 1.82) is 0 Å². The highest BCUT2D eigenvalue weighted by Gasteiger charge is 2.35. The number of nitrogens with one attached hydrogen (secondary N) is 2. The van der Waals surface area contributed by atoms with Crippen molar-refractivity contribution < 1.29 is 21.3 Å². The lowest BCUT2D eigenvalue weighted by Gasteiger charge is -2.49. The van der Waals surface area contributed by atoms with Gasteiger partial charge in [0.2, 0.25) is 0 Å². The molecule has 0 bridgehead atoms. The number of carbonyl (C=O) groups excluding carboxylic acids is 1. The van der Waals surface area contributed by atoms with Gasteiger partial charge in [-0.05, 0) is 56.7 Å². The van der Waals surface area contributed by atoms with Crippen LogP contribution in [0.1, 0.15) is 81.2 Å². The molecule has 8 nitrogen and oxygen atoms in total. The summed E-state index contributed by atoms with van der Waals surface area (Å²) in [5.41, 5.74) is 2.68. The molecule has 1 aliphatic heterocycles. The first-order chi connectivity index (χ1) is 18.4. The molecule has 2 heterocycles. The van der Waals surface area contributed by atoms with E-state index >= 15 is 0 Å². The molecule has 9 heteroatoms. The predicted octanol–water partition coefficient (Wildman–Crippen LogP) is 6.06. The second kappa shape index (κ2) is 12.0. The van der Waals surface area contributed by atoms with Crippen molar-refractivity contribution in [3.05, 3.63) is 89.3 Å². The summed E-state index contributed by atoms with van der Waals surface area (Å²) in [5.74, 6) is 1.28. The quantitative estimate of drug-likeness (QED) is 0.218. The Morgan fingerprint density at radius 3 is 2.37 bits per heavy atom. The predicted molar refractivity (Wildman–Crippen MR) is 154 cm³/mol. The van der Waals surface area contributed by atoms with Crippen LogP contribution in [0, 0.1) is 0 Å². The molecular formula is C29H42N4O4S. The molecule has 1 aliphatic carbocycles. The Hall–Kier alpha value is -2.69. The number of carbonyl (C=O) groups is 1. The van der Waals surface area contributed by atoms with Crippen LogP contribution in [0.2, 0.25) is 0 Å². The van der Waals surface area contributed by atoms with Crippen LogP contribution in [-0.4, -0.2) is 55.4 Å². The van der Waals surface area contributed by atoms with Gasteiger partial charge in [0.25, 0.3) is 5.91 Å². The van der Waals surface area contributed by atoms with Crippen LogP contribution in [0.15, 0.2) is 71.3 Å². The van der Waals surface area contributed by atoms with E-state index in [1.54, 1.807) is 6.07 Å². The molecule has 2 fully saturated rings. The lowest BCUT2D eigenvalue weighted by atomic mass is 9.99. The summed E-state index contributed by atoms with van der Waals surface area (Å²) in [7, 11) is -2.91. The average Bonchev–Trinajstić information content (AvgIpc) is 3.65. The standard InChI is InChI=1S/C29H38N4O4S.2H2/c1-21-19-25(31-29(34)26-20-27(37-32-26)22-13-14-22)15-17-33(21)38(35,36)18-8-16-30-28(23-9-4-2-5-10-23)24-11-6-3-7-12-24;;/h2-7,9-12,20-22,25,28,30,35-36H,8,13-19H2,1H3,(H,31,34);2*1H/t21-,25-;;/m0../s1. The molecule has 38 heavy (non-hydrogen) atoms. The molecule has 0 unspecified atom stereocenters. The van der Waals surface area contributed by atoms with E-state index in [0.717, 1.165) is 18.6 Å². The summed E-state index contributed by atoms with van der Waals surface area (Å²) in [5, 5.41) is 10.6. The van der Waals surface area contributed by atoms with Crippen LogP contribution in [0.5, 0.6) is 0 Å². The third kappa shape index (κ3) is 6.65.